The van der Waals surface area contributed by atoms with Crippen molar-refractivity contribution in [2.45, 2.75) is 19.4 Å². The van der Waals surface area contributed by atoms with Gasteiger partial charge in [-0.25, -0.2) is 4.98 Å². The summed E-state index contributed by atoms with van der Waals surface area (Å²) in [6.45, 7) is 1.98. The second-order valence-electron chi connectivity index (χ2n) is 4.64. The topological polar surface area (TPSA) is 51.8 Å². The molecule has 2 N–H and O–H groups in total. The van der Waals surface area contributed by atoms with Crippen molar-refractivity contribution in [3.05, 3.63) is 58.9 Å². The fourth-order valence-electron chi connectivity index (χ4n) is 2.01. The molecule has 96 valence electrons. The maximum Gasteiger partial charge on any atom is 0.111 e. The number of nitrogens with two attached hydrogens (primary N) is 1. The lowest BCUT2D eigenvalue weighted by molar-refractivity contribution is 0.714. The molecule has 0 saturated heterocycles. The van der Waals surface area contributed by atoms with Crippen LogP contribution in [0.3, 0.4) is 0 Å². The third-order valence-electron chi connectivity index (χ3n) is 3.06. The zero-order valence-corrected chi connectivity index (χ0v) is 11.5. The van der Waals surface area contributed by atoms with Crippen LogP contribution in [0.2, 0.25) is 0 Å². The third kappa shape index (κ3) is 2.64. The van der Waals surface area contributed by atoms with Gasteiger partial charge < -0.3 is 5.73 Å². The molecular formula is C15H15N3S. The van der Waals surface area contributed by atoms with Crippen LogP contribution >= 0.6 is 11.3 Å². The molecule has 2 aromatic heterocycles. The van der Waals surface area contributed by atoms with Crippen molar-refractivity contribution in [1.82, 2.24) is 9.97 Å². The van der Waals surface area contributed by atoms with E-state index >= 15 is 0 Å². The normalized spacial score (nSPS) is 12.7. The number of hydrogen-bond acceptors (Lipinski definition) is 4. The predicted octanol–water partition coefficient (Wildman–Crippen LogP) is 3.24. The average molecular weight is 269 g/mol. The van der Waals surface area contributed by atoms with E-state index in [2.05, 4.69) is 22.1 Å². The first-order valence-electron chi connectivity index (χ1n) is 6.25. The van der Waals surface area contributed by atoms with Crippen LogP contribution in [0.1, 0.15) is 22.3 Å². The van der Waals surface area contributed by atoms with E-state index in [4.69, 9.17) is 5.73 Å². The zero-order valence-electron chi connectivity index (χ0n) is 10.7. The molecule has 1 atom stereocenters. The molecule has 19 heavy (non-hydrogen) atoms. The number of aryl methyl sites for hydroxylation is 1. The highest BCUT2D eigenvalue weighted by molar-refractivity contribution is 7.18. The predicted molar refractivity (Wildman–Crippen MR) is 79.2 cm³/mol. The molecule has 0 radical (unpaired) electrons. The summed E-state index contributed by atoms with van der Waals surface area (Å²) in [7, 11) is 0. The number of aromatic nitrogens is 2. The van der Waals surface area contributed by atoms with Crippen LogP contribution in [-0.4, -0.2) is 9.97 Å². The fourth-order valence-corrected chi connectivity index (χ4v) is 2.98. The molecule has 1 aromatic carbocycles. The Balaban J connectivity index is 1.83. The number of nitrogens with zero attached hydrogens (tertiary/aromatic N) is 2. The Kier molecular flexibility index (Phi) is 3.27. The first kappa shape index (κ1) is 12.3. The van der Waals surface area contributed by atoms with Gasteiger partial charge >= 0.3 is 0 Å². The lowest BCUT2D eigenvalue weighted by atomic mass is 10.1. The van der Waals surface area contributed by atoms with Gasteiger partial charge in [0.2, 0.25) is 0 Å². The summed E-state index contributed by atoms with van der Waals surface area (Å²) < 4.78 is 1.19. The monoisotopic (exact) mass is 269 g/mol. The Bertz CT molecular complexity index is 655. The summed E-state index contributed by atoms with van der Waals surface area (Å²) >= 11 is 1.67. The molecule has 3 aromatic rings. The van der Waals surface area contributed by atoms with Crippen molar-refractivity contribution in [3.8, 4) is 0 Å². The van der Waals surface area contributed by atoms with Crippen molar-refractivity contribution in [1.29, 1.82) is 0 Å². The zero-order chi connectivity index (χ0) is 13.2. The van der Waals surface area contributed by atoms with Crippen LogP contribution in [0, 0.1) is 6.92 Å². The van der Waals surface area contributed by atoms with Crippen LogP contribution in [0.5, 0.6) is 0 Å². The number of para-hydroxylation sites is 1. The standard InChI is InChI=1S/C15H15N3S/c1-10-6-7-11(9-17-10)8-12(16)15-18-13-4-2-3-5-14(13)19-15/h2-7,9,12H,8,16H2,1H3. The lowest BCUT2D eigenvalue weighted by Crippen LogP contribution is -2.13. The van der Waals surface area contributed by atoms with Crippen molar-refractivity contribution in [2.24, 2.45) is 5.73 Å². The first-order chi connectivity index (χ1) is 9.22. The fraction of sp³-hybridized carbons (Fsp3) is 0.200. The molecule has 3 rings (SSSR count). The van der Waals surface area contributed by atoms with Gasteiger partial charge in [0.05, 0.1) is 16.3 Å². The van der Waals surface area contributed by atoms with Crippen LogP contribution in [0.4, 0.5) is 0 Å². The van der Waals surface area contributed by atoms with E-state index in [1.807, 2.05) is 37.4 Å². The van der Waals surface area contributed by atoms with Gasteiger partial charge in [0.1, 0.15) is 5.01 Å². The molecule has 0 spiro atoms. The molecule has 0 amide bonds. The smallest absolute Gasteiger partial charge is 0.111 e. The van der Waals surface area contributed by atoms with Crippen LogP contribution in [0.25, 0.3) is 10.2 Å². The first-order valence-corrected chi connectivity index (χ1v) is 7.06. The van der Waals surface area contributed by atoms with E-state index in [0.29, 0.717) is 0 Å². The summed E-state index contributed by atoms with van der Waals surface area (Å²) in [4.78, 5) is 8.90. The number of thiazole rings is 1. The van der Waals surface area contributed by atoms with E-state index in [1.165, 1.54) is 4.70 Å². The molecule has 0 aliphatic carbocycles. The summed E-state index contributed by atoms with van der Waals surface area (Å²) in [5, 5.41) is 0.988. The molecule has 0 bridgehead atoms. The largest absolute Gasteiger partial charge is 0.322 e. The minimum atomic E-state index is -0.0677. The van der Waals surface area contributed by atoms with E-state index in [0.717, 1.165) is 28.2 Å². The van der Waals surface area contributed by atoms with Crippen LogP contribution in [0.15, 0.2) is 42.6 Å². The minimum absolute atomic E-state index is 0.0677. The number of pyridine rings is 1. The van der Waals surface area contributed by atoms with Crippen molar-refractivity contribution in [3.63, 3.8) is 0 Å². The van der Waals surface area contributed by atoms with E-state index in [1.54, 1.807) is 11.3 Å². The molecule has 0 aliphatic rings. The maximum atomic E-state index is 6.25. The van der Waals surface area contributed by atoms with Crippen LogP contribution < -0.4 is 5.73 Å². The van der Waals surface area contributed by atoms with E-state index in [9.17, 15) is 0 Å². The quantitative estimate of drug-likeness (QED) is 0.794. The van der Waals surface area contributed by atoms with Gasteiger partial charge in [-0.2, -0.15) is 0 Å². The summed E-state index contributed by atoms with van der Waals surface area (Å²) in [5.41, 5.74) is 9.45. The Morgan fingerprint density at radius 2 is 2.05 bits per heavy atom. The molecule has 4 heteroatoms. The second kappa shape index (κ2) is 5.07. The van der Waals surface area contributed by atoms with Crippen molar-refractivity contribution >= 4 is 21.6 Å². The van der Waals surface area contributed by atoms with Gasteiger partial charge in [0.25, 0.3) is 0 Å². The molecule has 3 nitrogen and oxygen atoms in total. The summed E-state index contributed by atoms with van der Waals surface area (Å²) in [6, 6.07) is 12.2. The van der Waals surface area contributed by atoms with Gasteiger partial charge in [-0.05, 0) is 37.1 Å². The van der Waals surface area contributed by atoms with E-state index < -0.39 is 0 Å². The Hall–Kier alpha value is -1.78. The van der Waals surface area contributed by atoms with Crippen molar-refractivity contribution in [2.75, 3.05) is 0 Å². The van der Waals surface area contributed by atoms with Crippen molar-refractivity contribution < 1.29 is 0 Å². The molecule has 0 aliphatic heterocycles. The highest BCUT2D eigenvalue weighted by Crippen LogP contribution is 2.26. The summed E-state index contributed by atoms with van der Waals surface area (Å²) in [5.74, 6) is 0. The lowest BCUT2D eigenvalue weighted by Gasteiger charge is -2.08. The second-order valence-corrected chi connectivity index (χ2v) is 5.70. The maximum absolute atomic E-state index is 6.25. The van der Waals surface area contributed by atoms with E-state index in [-0.39, 0.29) is 6.04 Å². The Morgan fingerprint density at radius 3 is 2.79 bits per heavy atom. The number of fused-ring (bicyclic) bond motifs is 1. The Labute approximate surface area is 116 Å². The minimum Gasteiger partial charge on any atom is -0.322 e. The average Bonchev–Trinajstić information content (AvgIpc) is 2.85. The highest BCUT2D eigenvalue weighted by Gasteiger charge is 2.12. The molecule has 2 heterocycles. The van der Waals surface area contributed by atoms with Gasteiger partial charge in [-0.15, -0.1) is 11.3 Å². The number of hydrogen-bond donors (Lipinski definition) is 1. The van der Waals surface area contributed by atoms with Crippen LogP contribution in [-0.2, 0) is 6.42 Å². The Morgan fingerprint density at radius 1 is 1.21 bits per heavy atom. The summed E-state index contributed by atoms with van der Waals surface area (Å²) in [6.07, 6.45) is 2.66. The van der Waals surface area contributed by atoms with Gasteiger partial charge in [0, 0.05) is 11.9 Å². The molecule has 1 unspecified atom stereocenters. The molecule has 0 saturated carbocycles. The SMILES string of the molecule is Cc1ccc(CC(N)c2nc3ccccc3s2)cn1. The highest BCUT2D eigenvalue weighted by atomic mass is 32.1. The van der Waals surface area contributed by atoms with Gasteiger partial charge in [-0.3, -0.25) is 4.98 Å². The molecule has 0 fully saturated rings. The van der Waals surface area contributed by atoms with Gasteiger partial charge in [0.15, 0.2) is 0 Å². The number of benzene rings is 1. The molecular weight excluding hydrogens is 254 g/mol. The number of rotatable bonds is 3. The van der Waals surface area contributed by atoms with Gasteiger partial charge in [-0.1, -0.05) is 18.2 Å². The third-order valence-corrected chi connectivity index (χ3v) is 4.22.